The fourth-order valence-electron chi connectivity index (χ4n) is 2.89. The number of nitrogens with one attached hydrogen (secondary N) is 1. The molecule has 0 spiro atoms. The van der Waals surface area contributed by atoms with Crippen LogP contribution in [0.3, 0.4) is 0 Å². The lowest BCUT2D eigenvalue weighted by atomic mass is 10.1. The zero-order chi connectivity index (χ0) is 21.0. The molecule has 152 valence electrons. The van der Waals surface area contributed by atoms with Crippen LogP contribution in [0.5, 0.6) is 5.75 Å². The second-order valence-electron chi connectivity index (χ2n) is 6.46. The summed E-state index contributed by atoms with van der Waals surface area (Å²) in [6.07, 6.45) is 3.49. The molecule has 1 aromatic carbocycles. The third-order valence-electron chi connectivity index (χ3n) is 4.41. The van der Waals surface area contributed by atoms with Crippen LogP contribution < -0.4 is 10.1 Å². The number of benzene rings is 1. The number of carbonyl (C=O) groups is 1. The highest BCUT2D eigenvalue weighted by atomic mass is 16.6. The van der Waals surface area contributed by atoms with Crippen LogP contribution >= 0.6 is 0 Å². The molecular formula is C19H22N6O4. The van der Waals surface area contributed by atoms with Crippen molar-refractivity contribution in [1.29, 1.82) is 0 Å². The van der Waals surface area contributed by atoms with Gasteiger partial charge in [-0.15, -0.1) is 0 Å². The summed E-state index contributed by atoms with van der Waals surface area (Å²) in [7, 11) is 0. The van der Waals surface area contributed by atoms with Gasteiger partial charge in [-0.2, -0.15) is 10.2 Å². The number of aryl methyl sites for hydroxylation is 2. The van der Waals surface area contributed by atoms with E-state index in [0.29, 0.717) is 0 Å². The number of nitro benzene ring substituents is 1. The van der Waals surface area contributed by atoms with Crippen LogP contribution in [0.4, 0.5) is 5.69 Å². The van der Waals surface area contributed by atoms with Gasteiger partial charge in [0.15, 0.2) is 12.5 Å². The van der Waals surface area contributed by atoms with Crippen molar-refractivity contribution in [2.24, 2.45) is 0 Å². The molecular weight excluding hydrogens is 376 g/mol. The van der Waals surface area contributed by atoms with Gasteiger partial charge in [-0.3, -0.25) is 19.6 Å². The van der Waals surface area contributed by atoms with E-state index in [-0.39, 0.29) is 35.8 Å². The topological polar surface area (TPSA) is 117 Å². The predicted octanol–water partition coefficient (Wildman–Crippen LogP) is 2.84. The van der Waals surface area contributed by atoms with Gasteiger partial charge in [0.2, 0.25) is 0 Å². The van der Waals surface area contributed by atoms with E-state index in [1.807, 2.05) is 31.6 Å². The van der Waals surface area contributed by atoms with Crippen LogP contribution in [-0.4, -0.2) is 30.4 Å². The number of rotatable bonds is 8. The van der Waals surface area contributed by atoms with Gasteiger partial charge in [0.05, 0.1) is 16.7 Å². The molecule has 0 saturated carbocycles. The molecule has 10 heteroatoms. The second kappa shape index (κ2) is 8.55. The molecule has 0 radical (unpaired) electrons. The molecule has 1 amide bonds. The standard InChI is InChI=1S/C19H22N6O4/c1-4-23-11-15(14(3)21-23)13(2)20-19(26)16-9-10-24(22-16)12-29-18-8-6-5-7-17(18)25(27)28/h5-11,13H,4,12H2,1-3H3,(H,20,26). The summed E-state index contributed by atoms with van der Waals surface area (Å²) in [5, 5.41) is 22.5. The van der Waals surface area contributed by atoms with E-state index in [2.05, 4.69) is 15.5 Å². The van der Waals surface area contributed by atoms with Crippen LogP contribution in [0, 0.1) is 17.0 Å². The maximum absolute atomic E-state index is 12.5. The number of amides is 1. The molecule has 0 aliphatic rings. The van der Waals surface area contributed by atoms with Gasteiger partial charge in [0.1, 0.15) is 5.69 Å². The maximum Gasteiger partial charge on any atom is 0.311 e. The highest BCUT2D eigenvalue weighted by Crippen LogP contribution is 2.26. The Bertz CT molecular complexity index is 1030. The summed E-state index contributed by atoms with van der Waals surface area (Å²) < 4.78 is 8.70. The Balaban J connectivity index is 1.63. The molecule has 0 aliphatic heterocycles. The minimum Gasteiger partial charge on any atom is -0.464 e. The van der Waals surface area contributed by atoms with Gasteiger partial charge in [0.25, 0.3) is 5.91 Å². The quantitative estimate of drug-likeness (QED) is 0.461. The Kier molecular flexibility index (Phi) is 5.91. The number of carbonyl (C=O) groups excluding carboxylic acids is 1. The summed E-state index contributed by atoms with van der Waals surface area (Å²) in [6, 6.07) is 7.42. The van der Waals surface area contributed by atoms with Gasteiger partial charge in [-0.05, 0) is 32.9 Å². The van der Waals surface area contributed by atoms with Gasteiger partial charge in [0, 0.05) is 30.6 Å². The number of hydrogen-bond donors (Lipinski definition) is 1. The van der Waals surface area contributed by atoms with E-state index in [0.717, 1.165) is 17.8 Å². The highest BCUT2D eigenvalue weighted by molar-refractivity contribution is 5.92. The van der Waals surface area contributed by atoms with Crippen molar-refractivity contribution in [3.05, 3.63) is 69.8 Å². The zero-order valence-electron chi connectivity index (χ0n) is 16.4. The number of ether oxygens (including phenoxy) is 1. The molecule has 3 aromatic rings. The van der Waals surface area contributed by atoms with Crippen molar-refractivity contribution < 1.29 is 14.5 Å². The first-order valence-electron chi connectivity index (χ1n) is 9.13. The van der Waals surface area contributed by atoms with Crippen molar-refractivity contribution in [2.75, 3.05) is 0 Å². The summed E-state index contributed by atoms with van der Waals surface area (Å²) >= 11 is 0. The summed E-state index contributed by atoms with van der Waals surface area (Å²) in [6.45, 7) is 6.48. The fourth-order valence-corrected chi connectivity index (χ4v) is 2.89. The number of aromatic nitrogens is 4. The van der Waals surface area contributed by atoms with Crippen LogP contribution in [-0.2, 0) is 13.3 Å². The molecule has 3 rings (SSSR count). The first kappa shape index (κ1) is 20.1. The fraction of sp³-hybridized carbons (Fsp3) is 0.316. The first-order valence-corrected chi connectivity index (χ1v) is 9.13. The Labute approximate surface area is 167 Å². The van der Waals surface area contributed by atoms with E-state index >= 15 is 0 Å². The SMILES string of the molecule is CCn1cc(C(C)NC(=O)c2ccn(COc3ccccc3[N+](=O)[O-])n2)c(C)n1. The largest absolute Gasteiger partial charge is 0.464 e. The summed E-state index contributed by atoms with van der Waals surface area (Å²) in [5.74, 6) is -0.193. The number of hydrogen-bond acceptors (Lipinski definition) is 6. The molecule has 2 aromatic heterocycles. The lowest BCUT2D eigenvalue weighted by molar-refractivity contribution is -0.386. The van der Waals surface area contributed by atoms with Gasteiger partial charge in [-0.1, -0.05) is 12.1 Å². The average molecular weight is 398 g/mol. The average Bonchev–Trinajstić information content (AvgIpc) is 3.33. The van der Waals surface area contributed by atoms with Crippen molar-refractivity contribution in [3.63, 3.8) is 0 Å². The summed E-state index contributed by atoms with van der Waals surface area (Å²) in [4.78, 5) is 23.0. The van der Waals surface area contributed by atoms with Crippen LogP contribution in [0.15, 0.2) is 42.7 Å². The molecule has 1 atom stereocenters. The monoisotopic (exact) mass is 398 g/mol. The summed E-state index contributed by atoms with van der Waals surface area (Å²) in [5.41, 5.74) is 1.90. The minimum atomic E-state index is -0.513. The number of nitro groups is 1. The van der Waals surface area contributed by atoms with Crippen LogP contribution in [0.1, 0.15) is 41.6 Å². The predicted molar refractivity (Wildman–Crippen MR) is 104 cm³/mol. The molecule has 2 heterocycles. The molecule has 29 heavy (non-hydrogen) atoms. The van der Waals surface area contributed by atoms with Crippen molar-refractivity contribution in [2.45, 2.75) is 40.1 Å². The van der Waals surface area contributed by atoms with Crippen LogP contribution in [0.25, 0.3) is 0 Å². The van der Waals surface area contributed by atoms with Gasteiger partial charge in [-0.25, -0.2) is 4.68 Å². The van der Waals surface area contributed by atoms with Crippen LogP contribution in [0.2, 0.25) is 0 Å². The highest BCUT2D eigenvalue weighted by Gasteiger charge is 2.18. The molecule has 1 N–H and O–H groups in total. The lowest BCUT2D eigenvalue weighted by Gasteiger charge is -2.12. The molecule has 0 aliphatic carbocycles. The van der Waals surface area contributed by atoms with E-state index < -0.39 is 4.92 Å². The molecule has 0 bridgehead atoms. The van der Waals surface area contributed by atoms with Crippen molar-refractivity contribution in [1.82, 2.24) is 24.9 Å². The molecule has 0 saturated heterocycles. The Hall–Kier alpha value is -3.69. The third-order valence-corrected chi connectivity index (χ3v) is 4.41. The maximum atomic E-state index is 12.5. The van der Waals surface area contributed by atoms with E-state index in [1.165, 1.54) is 16.8 Å². The van der Waals surface area contributed by atoms with E-state index in [9.17, 15) is 14.9 Å². The second-order valence-corrected chi connectivity index (χ2v) is 6.46. The number of nitrogens with zero attached hydrogens (tertiary/aromatic N) is 5. The third kappa shape index (κ3) is 4.60. The Morgan fingerprint density at radius 3 is 2.72 bits per heavy atom. The number of para-hydroxylation sites is 2. The minimum absolute atomic E-state index is 0.0595. The zero-order valence-corrected chi connectivity index (χ0v) is 16.4. The van der Waals surface area contributed by atoms with Gasteiger partial charge >= 0.3 is 5.69 Å². The van der Waals surface area contributed by atoms with Gasteiger partial charge < -0.3 is 10.1 Å². The molecule has 0 fully saturated rings. The Morgan fingerprint density at radius 2 is 2.03 bits per heavy atom. The Morgan fingerprint density at radius 1 is 1.28 bits per heavy atom. The lowest BCUT2D eigenvalue weighted by Crippen LogP contribution is -2.27. The van der Waals surface area contributed by atoms with Crippen molar-refractivity contribution >= 4 is 11.6 Å². The van der Waals surface area contributed by atoms with E-state index in [1.54, 1.807) is 24.4 Å². The van der Waals surface area contributed by atoms with Crippen molar-refractivity contribution in [3.8, 4) is 5.75 Å². The molecule has 10 nitrogen and oxygen atoms in total. The first-order chi connectivity index (χ1) is 13.9. The van der Waals surface area contributed by atoms with E-state index in [4.69, 9.17) is 4.74 Å². The molecule has 1 unspecified atom stereocenters. The smallest absolute Gasteiger partial charge is 0.311 e. The normalized spacial score (nSPS) is 11.8.